The lowest BCUT2D eigenvalue weighted by Crippen LogP contribution is -2.34. The SMILES string of the molecule is CCN(CC(C)C#N)C(=O)c1ccc2c(c1)NC(=O)C2. The molecule has 0 saturated heterocycles. The lowest BCUT2D eigenvalue weighted by molar-refractivity contribution is -0.115. The highest BCUT2D eigenvalue weighted by Gasteiger charge is 2.21. The number of amides is 2. The van der Waals surface area contributed by atoms with E-state index in [2.05, 4.69) is 11.4 Å². The number of nitriles is 1. The van der Waals surface area contributed by atoms with Crippen LogP contribution in [0.15, 0.2) is 18.2 Å². The average Bonchev–Trinajstić information content (AvgIpc) is 2.82. The Morgan fingerprint density at radius 3 is 2.95 bits per heavy atom. The highest BCUT2D eigenvalue weighted by molar-refractivity contribution is 6.02. The first-order valence-corrected chi connectivity index (χ1v) is 6.66. The van der Waals surface area contributed by atoms with E-state index in [0.29, 0.717) is 30.8 Å². The molecule has 0 aliphatic carbocycles. The summed E-state index contributed by atoms with van der Waals surface area (Å²) in [5, 5.41) is 11.6. The molecule has 1 atom stereocenters. The molecule has 0 saturated carbocycles. The first kappa shape index (κ1) is 14.1. The molecule has 0 aromatic heterocycles. The standard InChI is InChI=1S/C15H17N3O2/c1-3-18(9-10(2)8-16)15(20)12-5-4-11-7-14(19)17-13(11)6-12/h4-6,10H,3,7,9H2,1-2H3,(H,17,19). The van der Waals surface area contributed by atoms with Crippen LogP contribution >= 0.6 is 0 Å². The smallest absolute Gasteiger partial charge is 0.253 e. The van der Waals surface area contributed by atoms with E-state index in [1.165, 1.54) is 0 Å². The van der Waals surface area contributed by atoms with Gasteiger partial charge in [0.05, 0.1) is 18.4 Å². The number of rotatable bonds is 4. The molecule has 5 nitrogen and oxygen atoms in total. The highest BCUT2D eigenvalue weighted by atomic mass is 16.2. The van der Waals surface area contributed by atoms with Crippen molar-refractivity contribution in [2.75, 3.05) is 18.4 Å². The van der Waals surface area contributed by atoms with Crippen LogP contribution in [0.3, 0.4) is 0 Å². The predicted molar refractivity (Wildman–Crippen MR) is 75.1 cm³/mol. The third-order valence-corrected chi connectivity index (χ3v) is 3.37. The van der Waals surface area contributed by atoms with Crippen molar-refractivity contribution in [2.24, 2.45) is 5.92 Å². The summed E-state index contributed by atoms with van der Waals surface area (Å²) in [5.41, 5.74) is 2.17. The van der Waals surface area contributed by atoms with Gasteiger partial charge in [-0.1, -0.05) is 6.07 Å². The van der Waals surface area contributed by atoms with Crippen molar-refractivity contribution in [3.8, 4) is 6.07 Å². The number of carbonyl (C=O) groups is 2. The van der Waals surface area contributed by atoms with Crippen molar-refractivity contribution in [2.45, 2.75) is 20.3 Å². The fourth-order valence-corrected chi connectivity index (χ4v) is 2.26. The van der Waals surface area contributed by atoms with Crippen LogP contribution in [0.1, 0.15) is 29.8 Å². The molecule has 1 heterocycles. The molecule has 0 fully saturated rings. The van der Waals surface area contributed by atoms with Gasteiger partial charge in [0.2, 0.25) is 5.91 Å². The summed E-state index contributed by atoms with van der Waals surface area (Å²) in [6.45, 7) is 4.64. The van der Waals surface area contributed by atoms with Gasteiger partial charge in [-0.3, -0.25) is 9.59 Å². The number of hydrogen-bond donors (Lipinski definition) is 1. The van der Waals surface area contributed by atoms with Gasteiger partial charge in [0.25, 0.3) is 5.91 Å². The summed E-state index contributed by atoms with van der Waals surface area (Å²) < 4.78 is 0. The second-order valence-electron chi connectivity index (χ2n) is 4.97. The number of carbonyl (C=O) groups excluding carboxylic acids is 2. The molecule has 2 amide bonds. The number of nitrogens with zero attached hydrogens (tertiary/aromatic N) is 2. The molecule has 1 N–H and O–H groups in total. The maximum atomic E-state index is 12.4. The van der Waals surface area contributed by atoms with E-state index < -0.39 is 0 Å². The van der Waals surface area contributed by atoms with E-state index in [9.17, 15) is 9.59 Å². The fraction of sp³-hybridized carbons (Fsp3) is 0.400. The van der Waals surface area contributed by atoms with Crippen molar-refractivity contribution in [3.63, 3.8) is 0 Å². The normalized spacial score (nSPS) is 14.2. The minimum absolute atomic E-state index is 0.0463. The second-order valence-corrected chi connectivity index (χ2v) is 4.97. The zero-order chi connectivity index (χ0) is 14.7. The lowest BCUT2D eigenvalue weighted by atomic mass is 10.1. The van der Waals surface area contributed by atoms with E-state index in [4.69, 9.17) is 5.26 Å². The maximum absolute atomic E-state index is 12.4. The summed E-state index contributed by atoms with van der Waals surface area (Å²) in [6, 6.07) is 7.39. The quantitative estimate of drug-likeness (QED) is 0.907. The molecule has 20 heavy (non-hydrogen) atoms. The second kappa shape index (κ2) is 5.74. The minimum Gasteiger partial charge on any atom is -0.338 e. The van der Waals surface area contributed by atoms with Gasteiger partial charge in [0.15, 0.2) is 0 Å². The zero-order valence-corrected chi connectivity index (χ0v) is 11.6. The molecule has 1 aromatic carbocycles. The minimum atomic E-state index is -0.201. The van der Waals surface area contributed by atoms with Crippen molar-refractivity contribution >= 4 is 17.5 Å². The first-order chi connectivity index (χ1) is 9.55. The molecule has 1 unspecified atom stereocenters. The van der Waals surface area contributed by atoms with E-state index in [1.54, 1.807) is 24.0 Å². The van der Waals surface area contributed by atoms with Gasteiger partial charge in [-0.05, 0) is 31.5 Å². The van der Waals surface area contributed by atoms with Gasteiger partial charge < -0.3 is 10.2 Å². The van der Waals surface area contributed by atoms with Crippen LogP contribution in [-0.2, 0) is 11.2 Å². The summed E-state index contributed by atoms with van der Waals surface area (Å²) in [5.74, 6) is -0.360. The Bertz CT molecular complexity index is 589. The molecule has 5 heteroatoms. The van der Waals surface area contributed by atoms with Crippen molar-refractivity contribution < 1.29 is 9.59 Å². The molecule has 1 aromatic rings. The van der Waals surface area contributed by atoms with E-state index in [-0.39, 0.29) is 17.7 Å². The molecule has 0 spiro atoms. The molecule has 104 valence electrons. The maximum Gasteiger partial charge on any atom is 0.253 e. The van der Waals surface area contributed by atoms with Crippen LogP contribution in [-0.4, -0.2) is 29.8 Å². The van der Waals surface area contributed by atoms with Gasteiger partial charge in [0, 0.05) is 24.3 Å². The van der Waals surface area contributed by atoms with Crippen molar-refractivity contribution in [3.05, 3.63) is 29.3 Å². The van der Waals surface area contributed by atoms with Crippen molar-refractivity contribution in [1.29, 1.82) is 5.26 Å². The number of fused-ring (bicyclic) bond motifs is 1. The Hall–Kier alpha value is -2.35. The highest BCUT2D eigenvalue weighted by Crippen LogP contribution is 2.24. The number of anilines is 1. The molecule has 1 aliphatic heterocycles. The molecule has 0 bridgehead atoms. The molecule has 0 radical (unpaired) electrons. The Balaban J connectivity index is 2.19. The Labute approximate surface area is 118 Å². The third-order valence-electron chi connectivity index (χ3n) is 3.37. The van der Waals surface area contributed by atoms with Gasteiger partial charge in [-0.25, -0.2) is 0 Å². The number of nitrogens with one attached hydrogen (secondary N) is 1. The van der Waals surface area contributed by atoms with Crippen LogP contribution in [0.2, 0.25) is 0 Å². The zero-order valence-electron chi connectivity index (χ0n) is 11.6. The lowest BCUT2D eigenvalue weighted by Gasteiger charge is -2.22. The third kappa shape index (κ3) is 2.80. The number of benzene rings is 1. The molecule has 2 rings (SSSR count). The van der Waals surface area contributed by atoms with Gasteiger partial charge in [-0.2, -0.15) is 5.26 Å². The summed E-state index contributed by atoms with van der Waals surface area (Å²) >= 11 is 0. The average molecular weight is 271 g/mol. The largest absolute Gasteiger partial charge is 0.338 e. The van der Waals surface area contributed by atoms with E-state index >= 15 is 0 Å². The van der Waals surface area contributed by atoms with E-state index in [1.807, 2.05) is 13.0 Å². The molecular formula is C15H17N3O2. The summed E-state index contributed by atoms with van der Waals surface area (Å²) in [4.78, 5) is 25.4. The summed E-state index contributed by atoms with van der Waals surface area (Å²) in [6.07, 6.45) is 0.368. The fourth-order valence-electron chi connectivity index (χ4n) is 2.26. The van der Waals surface area contributed by atoms with Gasteiger partial charge >= 0.3 is 0 Å². The Kier molecular flexibility index (Phi) is 4.04. The van der Waals surface area contributed by atoms with Gasteiger partial charge in [0.1, 0.15) is 0 Å². The van der Waals surface area contributed by atoms with Gasteiger partial charge in [-0.15, -0.1) is 0 Å². The topological polar surface area (TPSA) is 73.2 Å². The predicted octanol–water partition coefficient (Wildman–Crippen LogP) is 1.80. The van der Waals surface area contributed by atoms with Crippen LogP contribution in [0.25, 0.3) is 0 Å². The van der Waals surface area contributed by atoms with Crippen LogP contribution in [0, 0.1) is 17.2 Å². The monoisotopic (exact) mass is 271 g/mol. The Morgan fingerprint density at radius 1 is 1.55 bits per heavy atom. The molecule has 1 aliphatic rings. The van der Waals surface area contributed by atoms with Crippen molar-refractivity contribution in [1.82, 2.24) is 4.90 Å². The number of hydrogen-bond acceptors (Lipinski definition) is 3. The molecular weight excluding hydrogens is 254 g/mol. The van der Waals surface area contributed by atoms with Crippen LogP contribution < -0.4 is 5.32 Å². The first-order valence-electron chi connectivity index (χ1n) is 6.66. The van der Waals surface area contributed by atoms with E-state index in [0.717, 1.165) is 5.56 Å². The van der Waals surface area contributed by atoms with Crippen LogP contribution in [0.4, 0.5) is 5.69 Å². The van der Waals surface area contributed by atoms with Crippen LogP contribution in [0.5, 0.6) is 0 Å². The Morgan fingerprint density at radius 2 is 2.30 bits per heavy atom. The summed E-state index contributed by atoms with van der Waals surface area (Å²) in [7, 11) is 0.